The number of aliphatic hydroxyl groups is 1. The molecular formula is C29H35FN4O5. The normalized spacial score (nSPS) is 25.0. The van der Waals surface area contributed by atoms with Gasteiger partial charge in [0.2, 0.25) is 5.91 Å². The van der Waals surface area contributed by atoms with Crippen LogP contribution in [0, 0.1) is 5.82 Å². The van der Waals surface area contributed by atoms with Gasteiger partial charge in [0.15, 0.2) is 5.96 Å². The van der Waals surface area contributed by atoms with Crippen molar-refractivity contribution in [2.45, 2.75) is 82.7 Å². The van der Waals surface area contributed by atoms with Gasteiger partial charge in [-0.15, -0.1) is 0 Å². The Hall–Kier alpha value is -3.66. The van der Waals surface area contributed by atoms with Crippen LogP contribution in [0.2, 0.25) is 0 Å². The SMILES string of the molecule is CCC1(CC)CC(=O)N([C@@H]2CCOc3ccc(C(=O)N[C@@H]4c5cc(F)ccc5OC(C)(C)[C@H]4O)cc32)C(N)=N1. The maximum Gasteiger partial charge on any atom is 0.251 e. The predicted octanol–water partition coefficient (Wildman–Crippen LogP) is 3.76. The highest BCUT2D eigenvalue weighted by Crippen LogP contribution is 2.42. The van der Waals surface area contributed by atoms with Gasteiger partial charge in [-0.25, -0.2) is 9.38 Å². The molecule has 9 nitrogen and oxygen atoms in total. The molecule has 3 atom stereocenters. The number of hydrogen-bond acceptors (Lipinski definition) is 7. The van der Waals surface area contributed by atoms with E-state index in [4.69, 9.17) is 20.2 Å². The summed E-state index contributed by atoms with van der Waals surface area (Å²) in [6.07, 6.45) is 1.04. The van der Waals surface area contributed by atoms with Crippen molar-refractivity contribution in [1.29, 1.82) is 0 Å². The van der Waals surface area contributed by atoms with Crippen LogP contribution in [0.3, 0.4) is 0 Å². The van der Waals surface area contributed by atoms with Crippen LogP contribution in [0.4, 0.5) is 4.39 Å². The number of rotatable bonds is 5. The molecule has 0 aromatic heterocycles. The van der Waals surface area contributed by atoms with E-state index in [0.717, 1.165) is 0 Å². The minimum Gasteiger partial charge on any atom is -0.493 e. The smallest absolute Gasteiger partial charge is 0.251 e. The van der Waals surface area contributed by atoms with Gasteiger partial charge in [-0.1, -0.05) is 13.8 Å². The molecule has 3 heterocycles. The molecule has 0 fully saturated rings. The molecule has 0 bridgehead atoms. The molecule has 0 saturated carbocycles. The zero-order valence-electron chi connectivity index (χ0n) is 22.7. The summed E-state index contributed by atoms with van der Waals surface area (Å²) < 4.78 is 25.8. The number of aliphatic imine (C=N–C) groups is 1. The molecule has 0 unspecified atom stereocenters. The van der Waals surface area contributed by atoms with Crippen molar-refractivity contribution in [1.82, 2.24) is 10.2 Å². The maximum absolute atomic E-state index is 14.1. The fourth-order valence-corrected chi connectivity index (χ4v) is 5.76. The number of aliphatic hydroxyl groups excluding tert-OH is 1. The van der Waals surface area contributed by atoms with E-state index in [1.54, 1.807) is 32.0 Å². The first-order valence-electron chi connectivity index (χ1n) is 13.4. The molecule has 2 aromatic carbocycles. The number of nitrogens with two attached hydrogens (primary N) is 1. The highest BCUT2D eigenvalue weighted by molar-refractivity contribution is 6.00. The zero-order valence-corrected chi connectivity index (χ0v) is 22.7. The fourth-order valence-electron chi connectivity index (χ4n) is 5.76. The van der Waals surface area contributed by atoms with E-state index in [0.29, 0.717) is 54.1 Å². The molecule has 0 aliphatic carbocycles. The summed E-state index contributed by atoms with van der Waals surface area (Å²) >= 11 is 0. The van der Waals surface area contributed by atoms with Crippen LogP contribution in [-0.2, 0) is 4.79 Å². The highest BCUT2D eigenvalue weighted by Gasteiger charge is 2.45. The third-order valence-corrected chi connectivity index (χ3v) is 8.25. The molecule has 0 radical (unpaired) electrons. The summed E-state index contributed by atoms with van der Waals surface area (Å²) in [6, 6.07) is 7.67. The van der Waals surface area contributed by atoms with Gasteiger partial charge in [-0.2, -0.15) is 0 Å². The van der Waals surface area contributed by atoms with Crippen LogP contribution in [0.25, 0.3) is 0 Å². The van der Waals surface area contributed by atoms with Gasteiger partial charge < -0.3 is 25.6 Å². The second kappa shape index (κ2) is 9.82. The number of halogens is 1. The Bertz CT molecular complexity index is 1340. The van der Waals surface area contributed by atoms with Gasteiger partial charge in [0.25, 0.3) is 5.91 Å². The Morgan fingerprint density at radius 1 is 1.18 bits per heavy atom. The van der Waals surface area contributed by atoms with Crippen LogP contribution in [0.15, 0.2) is 41.4 Å². The van der Waals surface area contributed by atoms with Crippen molar-refractivity contribution in [2.24, 2.45) is 10.7 Å². The standard InChI is InChI=1S/C29H35FN4O5/c1-5-29(6-2)15-23(35)34(27(31)33-29)20-11-12-38-21-9-7-16(13-18(20)21)26(37)32-24-19-14-17(30)8-10-22(19)39-28(3,4)25(24)36/h7-10,13-14,20,24-25,36H,5-6,11-12,15H2,1-4H3,(H2,31,33)(H,32,37)/t20-,24-,25+/m1/s1. The minimum atomic E-state index is -1.14. The molecule has 39 heavy (non-hydrogen) atoms. The molecule has 3 aliphatic heterocycles. The molecule has 5 rings (SSSR count). The first-order valence-corrected chi connectivity index (χ1v) is 13.4. The lowest BCUT2D eigenvalue weighted by Gasteiger charge is -2.42. The van der Waals surface area contributed by atoms with Crippen molar-refractivity contribution in [2.75, 3.05) is 6.61 Å². The van der Waals surface area contributed by atoms with Crippen LogP contribution < -0.4 is 20.5 Å². The Morgan fingerprint density at radius 2 is 1.90 bits per heavy atom. The van der Waals surface area contributed by atoms with E-state index >= 15 is 0 Å². The first kappa shape index (κ1) is 26.9. The topological polar surface area (TPSA) is 126 Å². The van der Waals surface area contributed by atoms with Crippen LogP contribution >= 0.6 is 0 Å². The van der Waals surface area contributed by atoms with Crippen LogP contribution in [-0.4, -0.2) is 51.6 Å². The van der Waals surface area contributed by atoms with Gasteiger partial charge in [-0.05, 0) is 63.1 Å². The average Bonchev–Trinajstić information content (AvgIpc) is 2.91. The number of fused-ring (bicyclic) bond motifs is 2. The van der Waals surface area contributed by atoms with E-state index in [9.17, 15) is 19.1 Å². The monoisotopic (exact) mass is 538 g/mol. The number of carbonyl (C=O) groups is 2. The average molecular weight is 539 g/mol. The minimum absolute atomic E-state index is 0.106. The van der Waals surface area contributed by atoms with Crippen LogP contribution in [0.1, 0.15) is 86.9 Å². The van der Waals surface area contributed by atoms with Gasteiger partial charge in [-0.3, -0.25) is 14.5 Å². The Morgan fingerprint density at radius 3 is 2.59 bits per heavy atom. The molecule has 208 valence electrons. The largest absolute Gasteiger partial charge is 0.493 e. The van der Waals surface area contributed by atoms with Gasteiger partial charge in [0, 0.05) is 23.1 Å². The summed E-state index contributed by atoms with van der Waals surface area (Å²) in [5.74, 6) is 0.0499. The quantitative estimate of drug-likeness (QED) is 0.532. The van der Waals surface area contributed by atoms with E-state index < -0.39 is 41.1 Å². The summed E-state index contributed by atoms with van der Waals surface area (Å²) in [4.78, 5) is 33.1. The summed E-state index contributed by atoms with van der Waals surface area (Å²) in [5, 5.41) is 13.9. The summed E-state index contributed by atoms with van der Waals surface area (Å²) in [7, 11) is 0. The van der Waals surface area contributed by atoms with Crippen molar-refractivity contribution >= 4 is 17.8 Å². The number of ether oxygens (including phenoxy) is 2. The number of nitrogens with zero attached hydrogens (tertiary/aromatic N) is 2. The number of carbonyl (C=O) groups excluding carboxylic acids is 2. The molecule has 4 N–H and O–H groups in total. The summed E-state index contributed by atoms with van der Waals surface area (Å²) in [5.41, 5.74) is 6.16. The molecule has 3 aliphatic rings. The second-order valence-corrected chi connectivity index (χ2v) is 11.0. The van der Waals surface area contributed by atoms with Crippen molar-refractivity contribution < 1.29 is 28.6 Å². The Balaban J connectivity index is 1.46. The molecule has 0 saturated heterocycles. The summed E-state index contributed by atoms with van der Waals surface area (Å²) in [6.45, 7) is 7.80. The van der Waals surface area contributed by atoms with E-state index in [1.807, 2.05) is 13.8 Å². The second-order valence-electron chi connectivity index (χ2n) is 11.0. The molecule has 2 amide bonds. The third kappa shape index (κ3) is 4.71. The number of guanidine groups is 1. The number of hydrogen-bond donors (Lipinski definition) is 3. The fraction of sp³-hybridized carbons (Fsp3) is 0.483. The molecular weight excluding hydrogens is 503 g/mol. The van der Waals surface area contributed by atoms with Crippen molar-refractivity contribution in [3.05, 3.63) is 58.9 Å². The highest BCUT2D eigenvalue weighted by atomic mass is 19.1. The zero-order chi connectivity index (χ0) is 28.1. The lowest BCUT2D eigenvalue weighted by molar-refractivity contribution is -0.132. The van der Waals surface area contributed by atoms with Gasteiger partial charge >= 0.3 is 0 Å². The number of nitrogens with one attached hydrogen (secondary N) is 1. The van der Waals surface area contributed by atoms with Crippen molar-refractivity contribution in [3.8, 4) is 11.5 Å². The van der Waals surface area contributed by atoms with Gasteiger partial charge in [0.1, 0.15) is 29.0 Å². The Labute approximate surface area is 227 Å². The lowest BCUT2D eigenvalue weighted by Crippen LogP contribution is -2.53. The van der Waals surface area contributed by atoms with E-state index in [2.05, 4.69) is 5.32 Å². The maximum atomic E-state index is 14.1. The number of amides is 2. The molecule has 10 heteroatoms. The van der Waals surface area contributed by atoms with E-state index in [-0.39, 0.29) is 18.3 Å². The predicted molar refractivity (Wildman–Crippen MR) is 143 cm³/mol. The van der Waals surface area contributed by atoms with E-state index in [1.165, 1.54) is 23.1 Å². The molecule has 2 aromatic rings. The first-order chi connectivity index (χ1) is 18.5. The third-order valence-electron chi connectivity index (χ3n) is 8.25. The molecule has 0 spiro atoms. The van der Waals surface area contributed by atoms with Crippen LogP contribution in [0.5, 0.6) is 11.5 Å². The van der Waals surface area contributed by atoms with Crippen molar-refractivity contribution in [3.63, 3.8) is 0 Å². The lowest BCUT2D eigenvalue weighted by atomic mass is 9.86. The van der Waals surface area contributed by atoms with Gasteiger partial charge in [0.05, 0.1) is 30.7 Å². The number of benzene rings is 2. The Kier molecular flexibility index (Phi) is 6.78.